The first kappa shape index (κ1) is 22.3. The van der Waals surface area contributed by atoms with Gasteiger partial charge in [-0.05, 0) is 38.8 Å². The number of benzene rings is 1. The molecule has 1 aliphatic rings. The number of fused-ring (bicyclic) bond motifs is 3. The molecule has 0 spiro atoms. The van der Waals surface area contributed by atoms with Crippen LogP contribution in [0.3, 0.4) is 0 Å². The number of nitrogens with two attached hydrogens (primary N) is 2. The van der Waals surface area contributed by atoms with Crippen LogP contribution < -0.4 is 16.2 Å². The number of rotatable bonds is 4. The fraction of sp³-hybridized carbons (Fsp3) is 0.409. The minimum atomic E-state index is -4.63. The number of halogens is 3. The Kier molecular flexibility index (Phi) is 4.90. The van der Waals surface area contributed by atoms with E-state index in [0.717, 1.165) is 0 Å². The normalized spacial score (nSPS) is 18.9. The highest BCUT2D eigenvalue weighted by molar-refractivity contribution is 5.95. The Morgan fingerprint density at radius 1 is 1.09 bits per heavy atom. The lowest BCUT2D eigenvalue weighted by Crippen LogP contribution is -2.33. The maximum Gasteiger partial charge on any atom is 0.435 e. The predicted octanol–water partition coefficient (Wildman–Crippen LogP) is 3.53. The molecule has 12 heteroatoms. The summed E-state index contributed by atoms with van der Waals surface area (Å²) in [5.74, 6) is 0.650. The van der Waals surface area contributed by atoms with Crippen LogP contribution in [0.1, 0.15) is 61.4 Å². The molecule has 1 aromatic carbocycles. The van der Waals surface area contributed by atoms with Crippen LogP contribution in [-0.2, 0) is 11.7 Å². The molecule has 4 aromatic rings. The van der Waals surface area contributed by atoms with Gasteiger partial charge in [-0.2, -0.15) is 17.7 Å². The van der Waals surface area contributed by atoms with Crippen molar-refractivity contribution < 1.29 is 17.9 Å². The van der Waals surface area contributed by atoms with Crippen LogP contribution in [0, 0.1) is 0 Å². The summed E-state index contributed by atoms with van der Waals surface area (Å²) in [7, 11) is 1.54. The van der Waals surface area contributed by atoms with Crippen molar-refractivity contribution in [3.05, 3.63) is 47.3 Å². The average Bonchev–Trinajstić information content (AvgIpc) is 3.17. The second kappa shape index (κ2) is 7.49. The number of nitrogen functional groups attached to an aromatic ring is 1. The third-order valence-electron chi connectivity index (χ3n) is 6.15. The monoisotopic (exact) mass is 472 g/mol. The van der Waals surface area contributed by atoms with E-state index in [-0.39, 0.29) is 23.3 Å². The molecule has 1 aliphatic carbocycles. The molecule has 0 amide bonds. The summed E-state index contributed by atoms with van der Waals surface area (Å²) < 4.78 is 48.1. The van der Waals surface area contributed by atoms with Gasteiger partial charge in [-0.25, -0.2) is 15.0 Å². The molecule has 0 unspecified atom stereocenters. The molecule has 9 nitrogen and oxygen atoms in total. The Morgan fingerprint density at radius 2 is 1.82 bits per heavy atom. The molecular weight excluding hydrogens is 449 g/mol. The minimum Gasteiger partial charge on any atom is -0.494 e. The number of hydrogen-bond acceptors (Lipinski definition) is 8. The van der Waals surface area contributed by atoms with Crippen molar-refractivity contribution in [3.63, 3.8) is 0 Å². The number of aromatic nitrogens is 6. The van der Waals surface area contributed by atoms with Gasteiger partial charge in [0.05, 0.1) is 30.2 Å². The molecule has 0 bridgehead atoms. The topological polar surface area (TPSA) is 130 Å². The van der Waals surface area contributed by atoms with Crippen LogP contribution in [0.25, 0.3) is 16.6 Å². The zero-order valence-corrected chi connectivity index (χ0v) is 18.8. The smallest absolute Gasteiger partial charge is 0.435 e. The van der Waals surface area contributed by atoms with Crippen molar-refractivity contribution in [1.29, 1.82) is 0 Å². The van der Waals surface area contributed by atoms with Gasteiger partial charge in [-0.3, -0.25) is 4.98 Å². The van der Waals surface area contributed by atoms with Crippen LogP contribution in [0.2, 0.25) is 0 Å². The summed E-state index contributed by atoms with van der Waals surface area (Å²) in [6.07, 6.45) is -2.48. The Balaban J connectivity index is 1.47. The first-order valence-electron chi connectivity index (χ1n) is 10.7. The molecule has 4 N–H and O–H groups in total. The lowest BCUT2D eigenvalue weighted by Gasteiger charge is -2.34. The van der Waals surface area contributed by atoms with Crippen molar-refractivity contribution in [2.45, 2.75) is 50.2 Å². The summed E-state index contributed by atoms with van der Waals surface area (Å²) >= 11 is 0. The van der Waals surface area contributed by atoms with Crippen molar-refractivity contribution in [1.82, 2.24) is 29.5 Å². The highest BCUT2D eigenvalue weighted by Gasteiger charge is 2.44. The van der Waals surface area contributed by atoms with Gasteiger partial charge in [0, 0.05) is 17.2 Å². The molecule has 5 rings (SSSR count). The van der Waals surface area contributed by atoms with E-state index in [4.69, 9.17) is 16.2 Å². The van der Waals surface area contributed by atoms with E-state index < -0.39 is 23.3 Å². The summed E-state index contributed by atoms with van der Waals surface area (Å²) in [4.78, 5) is 17.0. The largest absolute Gasteiger partial charge is 0.494 e. The van der Waals surface area contributed by atoms with Crippen molar-refractivity contribution in [2.24, 2.45) is 5.73 Å². The Bertz CT molecular complexity index is 1400. The Labute approximate surface area is 192 Å². The third kappa shape index (κ3) is 3.58. The Hall–Kier alpha value is -3.54. The fourth-order valence-corrected chi connectivity index (χ4v) is 4.25. The molecule has 34 heavy (non-hydrogen) atoms. The van der Waals surface area contributed by atoms with Crippen molar-refractivity contribution in [2.75, 3.05) is 12.8 Å². The van der Waals surface area contributed by atoms with Crippen molar-refractivity contribution >= 4 is 22.5 Å². The second-order valence-electron chi connectivity index (χ2n) is 9.11. The van der Waals surface area contributed by atoms with Crippen LogP contribution in [0.4, 0.5) is 19.1 Å². The summed E-state index contributed by atoms with van der Waals surface area (Å²) in [6, 6.07) is 5.43. The molecule has 0 radical (unpaired) electrons. The van der Waals surface area contributed by atoms with E-state index >= 15 is 0 Å². The highest BCUT2D eigenvalue weighted by atomic mass is 19.4. The van der Waals surface area contributed by atoms with Crippen LogP contribution in [0.5, 0.6) is 5.75 Å². The second-order valence-corrected chi connectivity index (χ2v) is 9.11. The molecule has 3 aromatic heterocycles. The summed E-state index contributed by atoms with van der Waals surface area (Å²) in [6.45, 7) is 3.18. The standard InChI is InChI=1S/C22H23F3N8O/c1-21(2,27)14-9-28-15(17(29-14)22(23,24)25)10-7-11(8-10)18-31-19-12-5-4-6-13(34-3)16(12)30-20(26)33(19)32-18/h4-6,9-11H,7-8,27H2,1-3H3,(H2,26,30). The number of para-hydroxylation sites is 1. The predicted molar refractivity (Wildman–Crippen MR) is 118 cm³/mol. The third-order valence-corrected chi connectivity index (χ3v) is 6.15. The number of alkyl halides is 3. The van der Waals surface area contributed by atoms with Gasteiger partial charge in [0.1, 0.15) is 11.3 Å². The zero-order valence-electron chi connectivity index (χ0n) is 18.8. The number of hydrogen-bond donors (Lipinski definition) is 2. The Morgan fingerprint density at radius 3 is 2.47 bits per heavy atom. The van der Waals surface area contributed by atoms with Gasteiger partial charge in [0.25, 0.3) is 0 Å². The van der Waals surface area contributed by atoms with Crippen LogP contribution in [0.15, 0.2) is 24.4 Å². The zero-order chi connectivity index (χ0) is 24.4. The summed E-state index contributed by atoms with van der Waals surface area (Å²) in [5.41, 5.74) is 11.1. The molecule has 0 atom stereocenters. The van der Waals surface area contributed by atoms with Crippen molar-refractivity contribution in [3.8, 4) is 5.75 Å². The van der Waals surface area contributed by atoms with Gasteiger partial charge >= 0.3 is 6.18 Å². The molecule has 178 valence electrons. The van der Waals surface area contributed by atoms with Gasteiger partial charge < -0.3 is 16.2 Å². The first-order chi connectivity index (χ1) is 16.0. The lowest BCUT2D eigenvalue weighted by atomic mass is 9.72. The van der Waals surface area contributed by atoms with Gasteiger partial charge in [-0.1, -0.05) is 6.07 Å². The number of nitrogens with zero attached hydrogens (tertiary/aromatic N) is 6. The van der Waals surface area contributed by atoms with E-state index in [1.807, 2.05) is 12.1 Å². The summed E-state index contributed by atoms with van der Waals surface area (Å²) in [5, 5.41) is 5.20. The maximum absolute atomic E-state index is 13.7. The van der Waals surface area contributed by atoms with Gasteiger partial charge in [-0.15, -0.1) is 5.10 Å². The van der Waals surface area contributed by atoms with E-state index in [2.05, 4.69) is 25.0 Å². The average molecular weight is 472 g/mol. The molecule has 3 heterocycles. The number of methoxy groups -OCH3 is 1. The van der Waals surface area contributed by atoms with E-state index in [9.17, 15) is 13.2 Å². The van der Waals surface area contributed by atoms with Gasteiger partial charge in [0.15, 0.2) is 17.2 Å². The van der Waals surface area contributed by atoms with E-state index in [1.165, 1.54) is 10.7 Å². The first-order valence-corrected chi connectivity index (χ1v) is 10.7. The van der Waals surface area contributed by atoms with Gasteiger partial charge in [0.2, 0.25) is 5.95 Å². The quantitative estimate of drug-likeness (QED) is 0.461. The fourth-order valence-electron chi connectivity index (χ4n) is 4.25. The highest BCUT2D eigenvalue weighted by Crippen LogP contribution is 2.49. The van der Waals surface area contributed by atoms with Crippen LogP contribution >= 0.6 is 0 Å². The molecule has 1 fully saturated rings. The van der Waals surface area contributed by atoms with E-state index in [1.54, 1.807) is 27.0 Å². The SMILES string of the molecule is COc1cccc2c1nc(N)n1nc(C3CC(c4ncc(C(C)(C)N)nc4C(F)(F)F)C3)nc21. The number of anilines is 1. The number of ether oxygens (including phenoxy) is 1. The van der Waals surface area contributed by atoms with E-state index in [0.29, 0.717) is 41.0 Å². The van der Waals surface area contributed by atoms with Crippen LogP contribution in [-0.4, -0.2) is 36.7 Å². The minimum absolute atomic E-state index is 0.0723. The molecule has 0 aliphatic heterocycles. The molecule has 1 saturated carbocycles. The lowest BCUT2D eigenvalue weighted by molar-refractivity contribution is -0.142. The molecule has 0 saturated heterocycles. The maximum atomic E-state index is 13.7. The molecular formula is C22H23F3N8O.